The van der Waals surface area contributed by atoms with Crippen LogP contribution in [0.15, 0.2) is 29.6 Å². The smallest absolute Gasteiger partial charge is 0.0371 e. The van der Waals surface area contributed by atoms with Crippen LogP contribution in [0.5, 0.6) is 0 Å². The second-order valence-electron chi connectivity index (χ2n) is 2.41. The van der Waals surface area contributed by atoms with Crippen molar-refractivity contribution in [2.24, 2.45) is 0 Å². The molecule has 0 bridgehead atoms. The first kappa shape index (κ1) is 9.27. The van der Waals surface area contributed by atoms with E-state index < -0.39 is 0 Å². The van der Waals surface area contributed by atoms with Gasteiger partial charge in [0.05, 0.1) is 0 Å². The first-order valence-corrected chi connectivity index (χ1v) is 5.19. The van der Waals surface area contributed by atoms with Crippen LogP contribution < -0.4 is 0 Å². The lowest BCUT2D eigenvalue weighted by atomic mass is 10.2. The second kappa shape index (κ2) is 4.27. The molecule has 12 heavy (non-hydrogen) atoms. The van der Waals surface area contributed by atoms with Gasteiger partial charge in [0.15, 0.2) is 0 Å². The summed E-state index contributed by atoms with van der Waals surface area (Å²) in [7, 11) is 0. The van der Waals surface area contributed by atoms with E-state index in [1.165, 1.54) is 15.6 Å². The Labute approximate surface area is 77.9 Å². The van der Waals surface area contributed by atoms with Gasteiger partial charge in [0.25, 0.3) is 0 Å². The molecule has 0 N–H and O–H groups in total. The highest BCUT2D eigenvalue weighted by Crippen LogP contribution is 2.23. The van der Waals surface area contributed by atoms with Crippen molar-refractivity contribution in [2.75, 3.05) is 0 Å². The maximum atomic E-state index is 2.16. The standard InChI is InChI=1S/C9H8S.C2H6/c1-7-3-2-4-8-5-6-10-9(7)8;1-2/h2-6H,1H3;1-2H3. The summed E-state index contributed by atoms with van der Waals surface area (Å²) < 4.78 is 1.42. The topological polar surface area (TPSA) is 0 Å². The first-order chi connectivity index (χ1) is 5.88. The molecule has 0 fully saturated rings. The third kappa shape index (κ3) is 1.67. The Bertz CT molecular complexity index is 347. The van der Waals surface area contributed by atoms with Gasteiger partial charge < -0.3 is 0 Å². The molecule has 0 radical (unpaired) electrons. The van der Waals surface area contributed by atoms with Crippen LogP contribution in [0.4, 0.5) is 0 Å². The average molecular weight is 178 g/mol. The number of hydrogen-bond acceptors (Lipinski definition) is 1. The number of benzene rings is 1. The van der Waals surface area contributed by atoms with E-state index in [0.29, 0.717) is 0 Å². The van der Waals surface area contributed by atoms with Crippen LogP contribution in [0.1, 0.15) is 19.4 Å². The SMILES string of the molecule is CC.Cc1cccc2ccsc12. The van der Waals surface area contributed by atoms with E-state index in [1.54, 1.807) is 0 Å². The fraction of sp³-hybridized carbons (Fsp3) is 0.273. The summed E-state index contributed by atoms with van der Waals surface area (Å²) in [5.41, 5.74) is 1.38. The van der Waals surface area contributed by atoms with Crippen molar-refractivity contribution in [1.82, 2.24) is 0 Å². The van der Waals surface area contributed by atoms with Crippen molar-refractivity contribution >= 4 is 21.4 Å². The number of thiophene rings is 1. The molecule has 0 unspecified atom stereocenters. The van der Waals surface area contributed by atoms with Gasteiger partial charge in [-0.25, -0.2) is 0 Å². The van der Waals surface area contributed by atoms with Crippen LogP contribution in [-0.2, 0) is 0 Å². The van der Waals surface area contributed by atoms with Crippen LogP contribution in [-0.4, -0.2) is 0 Å². The Balaban J connectivity index is 0.000000336. The summed E-state index contributed by atoms with van der Waals surface area (Å²) in [6, 6.07) is 8.56. The van der Waals surface area contributed by atoms with Gasteiger partial charge >= 0.3 is 0 Å². The Morgan fingerprint density at radius 3 is 2.50 bits per heavy atom. The molecule has 2 rings (SSSR count). The third-order valence-electron chi connectivity index (χ3n) is 1.68. The van der Waals surface area contributed by atoms with Gasteiger partial charge in [-0.3, -0.25) is 0 Å². The quantitative estimate of drug-likeness (QED) is 0.566. The average Bonchev–Trinajstić information content (AvgIpc) is 2.57. The number of fused-ring (bicyclic) bond motifs is 1. The minimum absolute atomic E-state index is 1.37. The van der Waals surface area contributed by atoms with E-state index in [1.807, 2.05) is 25.2 Å². The van der Waals surface area contributed by atoms with Crippen LogP contribution >= 0.6 is 11.3 Å². The van der Waals surface area contributed by atoms with Gasteiger partial charge in [-0.2, -0.15) is 0 Å². The van der Waals surface area contributed by atoms with E-state index in [0.717, 1.165) is 0 Å². The van der Waals surface area contributed by atoms with Crippen molar-refractivity contribution in [2.45, 2.75) is 20.8 Å². The van der Waals surface area contributed by atoms with Gasteiger partial charge in [0.2, 0.25) is 0 Å². The molecule has 0 amide bonds. The maximum absolute atomic E-state index is 2.16. The summed E-state index contributed by atoms with van der Waals surface area (Å²) in [6.07, 6.45) is 0. The number of rotatable bonds is 0. The van der Waals surface area contributed by atoms with Gasteiger partial charge in [-0.15, -0.1) is 11.3 Å². The fourth-order valence-corrected chi connectivity index (χ4v) is 2.02. The monoisotopic (exact) mass is 178 g/mol. The van der Waals surface area contributed by atoms with Crippen molar-refractivity contribution in [1.29, 1.82) is 0 Å². The zero-order valence-corrected chi connectivity index (χ0v) is 8.61. The van der Waals surface area contributed by atoms with Crippen molar-refractivity contribution in [3.8, 4) is 0 Å². The van der Waals surface area contributed by atoms with Crippen molar-refractivity contribution in [3.63, 3.8) is 0 Å². The summed E-state index contributed by atoms with van der Waals surface area (Å²) in [6.45, 7) is 6.15. The van der Waals surface area contributed by atoms with E-state index >= 15 is 0 Å². The lowest BCUT2D eigenvalue weighted by molar-refractivity contribution is 1.50. The third-order valence-corrected chi connectivity index (χ3v) is 2.74. The molecule has 1 aromatic carbocycles. The van der Waals surface area contributed by atoms with E-state index in [-0.39, 0.29) is 0 Å². The van der Waals surface area contributed by atoms with Gasteiger partial charge in [-0.1, -0.05) is 32.0 Å². The predicted octanol–water partition coefficient (Wildman–Crippen LogP) is 4.24. The summed E-state index contributed by atoms with van der Waals surface area (Å²) in [4.78, 5) is 0. The van der Waals surface area contributed by atoms with Crippen molar-refractivity contribution < 1.29 is 0 Å². The Morgan fingerprint density at radius 2 is 1.83 bits per heavy atom. The lowest BCUT2D eigenvalue weighted by Crippen LogP contribution is -1.67. The zero-order chi connectivity index (χ0) is 8.97. The Hall–Kier alpha value is -0.820. The van der Waals surface area contributed by atoms with Gasteiger partial charge in [0.1, 0.15) is 0 Å². The summed E-state index contributed by atoms with van der Waals surface area (Å²) in [5, 5.41) is 3.50. The van der Waals surface area contributed by atoms with Crippen LogP contribution in [0.25, 0.3) is 10.1 Å². The highest BCUT2D eigenvalue weighted by Gasteiger charge is 1.94. The van der Waals surface area contributed by atoms with Gasteiger partial charge in [0, 0.05) is 4.70 Å². The molecule has 2 aromatic rings. The Morgan fingerprint density at radius 1 is 1.08 bits per heavy atom. The minimum atomic E-state index is 1.37. The highest BCUT2D eigenvalue weighted by atomic mass is 32.1. The van der Waals surface area contributed by atoms with E-state index in [4.69, 9.17) is 0 Å². The van der Waals surface area contributed by atoms with E-state index in [2.05, 4.69) is 36.6 Å². The zero-order valence-electron chi connectivity index (χ0n) is 7.79. The van der Waals surface area contributed by atoms with E-state index in [9.17, 15) is 0 Å². The normalized spacial score (nSPS) is 9.25. The molecule has 1 heterocycles. The molecule has 0 saturated carbocycles. The highest BCUT2D eigenvalue weighted by molar-refractivity contribution is 7.17. The second-order valence-corrected chi connectivity index (χ2v) is 3.33. The van der Waals surface area contributed by atoms with Crippen LogP contribution in [0, 0.1) is 6.92 Å². The van der Waals surface area contributed by atoms with Crippen molar-refractivity contribution in [3.05, 3.63) is 35.2 Å². The summed E-state index contributed by atoms with van der Waals surface area (Å²) in [5.74, 6) is 0. The van der Waals surface area contributed by atoms with Crippen LogP contribution in [0.2, 0.25) is 0 Å². The predicted molar refractivity (Wildman–Crippen MR) is 57.9 cm³/mol. The molecule has 0 saturated heterocycles. The lowest BCUT2D eigenvalue weighted by Gasteiger charge is -1.91. The Kier molecular flexibility index (Phi) is 3.30. The molecule has 64 valence electrons. The molecular formula is C11H14S. The molecule has 0 aliphatic carbocycles. The summed E-state index contributed by atoms with van der Waals surface area (Å²) >= 11 is 1.81. The number of hydrogen-bond donors (Lipinski definition) is 0. The molecule has 0 nitrogen and oxygen atoms in total. The fourth-order valence-electron chi connectivity index (χ4n) is 1.14. The van der Waals surface area contributed by atoms with Crippen LogP contribution in [0.3, 0.4) is 0 Å². The van der Waals surface area contributed by atoms with Gasteiger partial charge in [-0.05, 0) is 29.3 Å². The first-order valence-electron chi connectivity index (χ1n) is 4.31. The molecule has 0 aliphatic rings. The molecule has 1 heteroatoms. The number of aryl methyl sites for hydroxylation is 1. The largest absolute Gasteiger partial charge is 0.144 e. The molecule has 0 atom stereocenters. The minimum Gasteiger partial charge on any atom is -0.144 e. The molecule has 0 spiro atoms. The maximum Gasteiger partial charge on any atom is 0.0371 e. The molecule has 1 aromatic heterocycles. The molecule has 0 aliphatic heterocycles. The molecular weight excluding hydrogens is 164 g/mol.